The zero-order valence-electron chi connectivity index (χ0n) is 18.6. The van der Waals surface area contributed by atoms with Crippen LogP contribution in [0.15, 0.2) is 50.8 Å². The predicted molar refractivity (Wildman–Crippen MR) is 116 cm³/mol. The van der Waals surface area contributed by atoms with Crippen LogP contribution in [0.1, 0.15) is 40.2 Å². The Morgan fingerprint density at radius 2 is 1.76 bits per heavy atom. The van der Waals surface area contributed by atoms with E-state index in [1.54, 1.807) is 38.1 Å². The van der Waals surface area contributed by atoms with Crippen molar-refractivity contribution in [2.75, 3.05) is 20.3 Å². The fourth-order valence-corrected chi connectivity index (χ4v) is 3.50. The number of nitrogens with one attached hydrogen (secondary N) is 2. The van der Waals surface area contributed by atoms with Crippen molar-refractivity contribution < 1.29 is 33.0 Å². The van der Waals surface area contributed by atoms with E-state index in [1.165, 1.54) is 20.1 Å². The zero-order valence-corrected chi connectivity index (χ0v) is 18.6. The second-order valence-electron chi connectivity index (χ2n) is 7.17. The molecule has 1 aromatic heterocycles. The van der Waals surface area contributed by atoms with E-state index in [9.17, 15) is 19.2 Å². The van der Waals surface area contributed by atoms with Crippen molar-refractivity contribution in [3.05, 3.63) is 74.5 Å². The Hall–Kier alpha value is -4.08. The van der Waals surface area contributed by atoms with E-state index < -0.39 is 36.2 Å². The van der Waals surface area contributed by atoms with Gasteiger partial charge in [-0.25, -0.2) is 19.2 Å². The summed E-state index contributed by atoms with van der Waals surface area (Å²) in [6, 6.07) is 6.57. The normalized spacial score (nSPS) is 15.4. The second-order valence-corrected chi connectivity index (χ2v) is 7.17. The summed E-state index contributed by atoms with van der Waals surface area (Å²) in [5.41, 5.74) is 0.691. The molecule has 0 saturated heterocycles. The molecular weight excluding hydrogens is 432 g/mol. The van der Waals surface area contributed by atoms with E-state index in [2.05, 4.69) is 10.6 Å². The molecule has 0 aliphatic carbocycles. The third kappa shape index (κ3) is 5.22. The molecule has 174 valence electrons. The third-order valence-electron chi connectivity index (χ3n) is 4.98. The Kier molecular flexibility index (Phi) is 7.17. The molecule has 10 nitrogen and oxygen atoms in total. The SMILES string of the molecule is CCOC(=O)C1=C(COC(=O)c2c(C)cc(=O)oc2C)NC(=O)N[C@@H]1c1ccc(OC)cc1. The van der Waals surface area contributed by atoms with Crippen molar-refractivity contribution in [1.29, 1.82) is 0 Å². The summed E-state index contributed by atoms with van der Waals surface area (Å²) in [5, 5.41) is 5.22. The van der Waals surface area contributed by atoms with E-state index >= 15 is 0 Å². The van der Waals surface area contributed by atoms with Crippen LogP contribution < -0.4 is 21.0 Å². The van der Waals surface area contributed by atoms with Gasteiger partial charge in [-0.2, -0.15) is 0 Å². The van der Waals surface area contributed by atoms with Gasteiger partial charge in [0.15, 0.2) is 0 Å². The van der Waals surface area contributed by atoms with Gasteiger partial charge in [0, 0.05) is 6.07 Å². The van der Waals surface area contributed by atoms with Gasteiger partial charge in [-0.15, -0.1) is 0 Å². The van der Waals surface area contributed by atoms with Gasteiger partial charge in [0.2, 0.25) is 0 Å². The molecule has 0 bridgehead atoms. The fraction of sp³-hybridized carbons (Fsp3) is 0.304. The van der Waals surface area contributed by atoms with Gasteiger partial charge in [0.25, 0.3) is 0 Å². The van der Waals surface area contributed by atoms with Gasteiger partial charge in [0.05, 0.1) is 31.0 Å². The van der Waals surface area contributed by atoms with Crippen LogP contribution in [-0.4, -0.2) is 38.3 Å². The molecule has 2 aromatic rings. The number of aryl methyl sites for hydroxylation is 2. The van der Waals surface area contributed by atoms with Crippen LogP contribution in [0.4, 0.5) is 4.79 Å². The molecule has 1 aliphatic rings. The van der Waals surface area contributed by atoms with Crippen molar-refractivity contribution in [3.8, 4) is 5.75 Å². The Balaban J connectivity index is 1.96. The zero-order chi connectivity index (χ0) is 24.1. The van der Waals surface area contributed by atoms with Crippen LogP contribution in [0.2, 0.25) is 0 Å². The maximum absolute atomic E-state index is 12.8. The first-order valence-corrected chi connectivity index (χ1v) is 10.1. The molecule has 0 spiro atoms. The first-order chi connectivity index (χ1) is 15.7. The minimum Gasteiger partial charge on any atom is -0.497 e. The van der Waals surface area contributed by atoms with Gasteiger partial charge in [0.1, 0.15) is 23.7 Å². The molecule has 2 amide bonds. The lowest BCUT2D eigenvalue weighted by atomic mass is 9.95. The van der Waals surface area contributed by atoms with Crippen molar-refractivity contribution in [2.24, 2.45) is 0 Å². The summed E-state index contributed by atoms with van der Waals surface area (Å²) >= 11 is 0. The Morgan fingerprint density at radius 1 is 1.06 bits per heavy atom. The maximum Gasteiger partial charge on any atom is 0.342 e. The smallest absolute Gasteiger partial charge is 0.342 e. The average molecular weight is 456 g/mol. The molecule has 0 unspecified atom stereocenters. The molecule has 33 heavy (non-hydrogen) atoms. The molecule has 0 fully saturated rings. The molecule has 2 N–H and O–H groups in total. The number of esters is 2. The van der Waals surface area contributed by atoms with Gasteiger partial charge in [-0.1, -0.05) is 12.1 Å². The topological polar surface area (TPSA) is 133 Å². The quantitative estimate of drug-likeness (QED) is 0.607. The summed E-state index contributed by atoms with van der Waals surface area (Å²) in [6.07, 6.45) is 0. The van der Waals surface area contributed by atoms with Crippen LogP contribution in [0.3, 0.4) is 0 Å². The number of urea groups is 1. The molecule has 0 saturated carbocycles. The standard InChI is InChI=1S/C23H24N2O8/c1-5-31-22(28)19-16(11-32-21(27)18-12(2)10-17(26)33-13(18)3)24-23(29)25-20(19)14-6-8-15(30-4)9-7-14/h6-10,20H,5,11H2,1-4H3,(H2,24,25,29)/t20-/m1/s1. The Bertz CT molecular complexity index is 1140. The molecule has 1 aromatic carbocycles. The van der Waals surface area contributed by atoms with E-state index in [0.717, 1.165) is 0 Å². The van der Waals surface area contributed by atoms with Crippen LogP contribution in [0, 0.1) is 13.8 Å². The number of hydrogen-bond acceptors (Lipinski definition) is 8. The number of rotatable bonds is 7. The minimum absolute atomic E-state index is 0.0825. The molecule has 1 aliphatic heterocycles. The van der Waals surface area contributed by atoms with Crippen LogP contribution in [0.5, 0.6) is 5.75 Å². The number of ether oxygens (including phenoxy) is 3. The summed E-state index contributed by atoms with van der Waals surface area (Å²) in [7, 11) is 1.53. The first-order valence-electron chi connectivity index (χ1n) is 10.1. The van der Waals surface area contributed by atoms with E-state index in [4.69, 9.17) is 18.6 Å². The number of methoxy groups -OCH3 is 1. The monoisotopic (exact) mass is 456 g/mol. The lowest BCUT2D eigenvalue weighted by Gasteiger charge is -2.29. The first kappa shape index (κ1) is 23.6. The van der Waals surface area contributed by atoms with Gasteiger partial charge >= 0.3 is 23.6 Å². The fourth-order valence-electron chi connectivity index (χ4n) is 3.50. The minimum atomic E-state index is -0.837. The lowest BCUT2D eigenvalue weighted by molar-refractivity contribution is -0.139. The maximum atomic E-state index is 12.8. The summed E-state index contributed by atoms with van der Waals surface area (Å²) in [4.78, 5) is 49.3. The highest BCUT2D eigenvalue weighted by Crippen LogP contribution is 2.29. The summed E-state index contributed by atoms with van der Waals surface area (Å²) < 4.78 is 20.7. The number of carbonyl (C=O) groups is 3. The van der Waals surface area contributed by atoms with Crippen LogP contribution in [-0.2, 0) is 14.3 Å². The predicted octanol–water partition coefficient (Wildman–Crippen LogP) is 2.29. The van der Waals surface area contributed by atoms with Crippen molar-refractivity contribution >= 4 is 18.0 Å². The number of benzene rings is 1. The molecular formula is C23H24N2O8. The van der Waals surface area contributed by atoms with Gasteiger partial charge < -0.3 is 29.3 Å². The van der Waals surface area contributed by atoms with E-state index in [-0.39, 0.29) is 29.2 Å². The highest BCUT2D eigenvalue weighted by molar-refractivity contribution is 5.96. The number of carbonyl (C=O) groups excluding carboxylic acids is 3. The number of amides is 2. The van der Waals surface area contributed by atoms with Crippen LogP contribution >= 0.6 is 0 Å². The van der Waals surface area contributed by atoms with E-state index in [0.29, 0.717) is 16.9 Å². The highest BCUT2D eigenvalue weighted by Gasteiger charge is 2.34. The molecule has 2 heterocycles. The summed E-state index contributed by atoms with van der Waals surface area (Å²) in [6.45, 7) is 4.41. The third-order valence-corrected chi connectivity index (χ3v) is 4.98. The van der Waals surface area contributed by atoms with Crippen molar-refractivity contribution in [1.82, 2.24) is 10.6 Å². The van der Waals surface area contributed by atoms with Crippen LogP contribution in [0.25, 0.3) is 0 Å². The number of hydrogen-bond donors (Lipinski definition) is 2. The Labute approximate surface area is 189 Å². The summed E-state index contributed by atoms with van der Waals surface area (Å²) in [5.74, 6) is -0.724. The van der Waals surface area contributed by atoms with Crippen molar-refractivity contribution in [3.63, 3.8) is 0 Å². The average Bonchev–Trinajstić information content (AvgIpc) is 2.76. The largest absolute Gasteiger partial charge is 0.497 e. The molecule has 1 atom stereocenters. The molecule has 3 rings (SSSR count). The Morgan fingerprint density at radius 3 is 2.36 bits per heavy atom. The molecule has 0 radical (unpaired) electrons. The van der Waals surface area contributed by atoms with E-state index in [1.807, 2.05) is 0 Å². The van der Waals surface area contributed by atoms with Gasteiger partial charge in [-0.05, 0) is 44.0 Å². The van der Waals surface area contributed by atoms with Crippen molar-refractivity contribution in [2.45, 2.75) is 26.8 Å². The second kappa shape index (κ2) is 10.0. The highest BCUT2D eigenvalue weighted by atomic mass is 16.5. The van der Waals surface area contributed by atoms with Gasteiger partial charge in [-0.3, -0.25) is 0 Å². The lowest BCUT2D eigenvalue weighted by Crippen LogP contribution is -2.47. The molecule has 10 heteroatoms.